The highest BCUT2D eigenvalue weighted by molar-refractivity contribution is 5.98. The zero-order valence-corrected chi connectivity index (χ0v) is 17.5. The van der Waals surface area contributed by atoms with Crippen LogP contribution in [0.5, 0.6) is 0 Å². The number of hydrogen-bond donors (Lipinski definition) is 3. The number of carbonyl (C=O) groups is 1. The molecular weight excluding hydrogens is 378 g/mol. The summed E-state index contributed by atoms with van der Waals surface area (Å²) in [6, 6.07) is 11.5. The highest BCUT2D eigenvalue weighted by Gasteiger charge is 2.36. The first-order chi connectivity index (χ1) is 14.3. The largest absolute Gasteiger partial charge is 0.409 e. The summed E-state index contributed by atoms with van der Waals surface area (Å²) in [5.74, 6) is 0.110. The van der Waals surface area contributed by atoms with E-state index in [2.05, 4.69) is 35.9 Å². The molecule has 156 valence electrons. The number of amidine groups is 1. The quantitative estimate of drug-likeness (QED) is 0.263. The van der Waals surface area contributed by atoms with Gasteiger partial charge in [0.05, 0.1) is 17.4 Å². The number of H-pyrrole nitrogens is 1. The molecule has 3 aromatic rings. The average molecular weight is 406 g/mol. The fraction of sp³-hybridized carbons (Fsp3) is 0.348. The number of nitrogens with one attached hydrogen (secondary N) is 1. The van der Waals surface area contributed by atoms with E-state index in [1.807, 2.05) is 41.3 Å². The van der Waals surface area contributed by atoms with E-state index in [4.69, 9.17) is 10.9 Å². The van der Waals surface area contributed by atoms with E-state index < -0.39 is 0 Å². The van der Waals surface area contributed by atoms with Crippen molar-refractivity contribution in [2.75, 3.05) is 6.54 Å². The lowest BCUT2D eigenvalue weighted by atomic mass is 9.81. The van der Waals surface area contributed by atoms with Gasteiger partial charge in [0, 0.05) is 23.7 Å². The average Bonchev–Trinajstić information content (AvgIpc) is 3.10. The molecule has 0 bridgehead atoms. The van der Waals surface area contributed by atoms with Crippen LogP contribution < -0.4 is 5.73 Å². The number of rotatable bonds is 2. The van der Waals surface area contributed by atoms with Crippen LogP contribution in [0.4, 0.5) is 0 Å². The molecule has 1 aromatic heterocycles. The van der Waals surface area contributed by atoms with Gasteiger partial charge in [0.15, 0.2) is 5.84 Å². The summed E-state index contributed by atoms with van der Waals surface area (Å²) >= 11 is 0. The summed E-state index contributed by atoms with van der Waals surface area (Å²) in [6.45, 7) is 7.11. The van der Waals surface area contributed by atoms with Crippen LogP contribution in [0.15, 0.2) is 47.9 Å². The van der Waals surface area contributed by atoms with Gasteiger partial charge >= 0.3 is 0 Å². The number of hydrogen-bond acceptors (Lipinski definition) is 4. The van der Waals surface area contributed by atoms with Crippen LogP contribution >= 0.6 is 0 Å². The summed E-state index contributed by atoms with van der Waals surface area (Å²) in [7, 11) is 0. The van der Waals surface area contributed by atoms with Gasteiger partial charge in [0.2, 0.25) is 0 Å². The lowest BCUT2D eigenvalue weighted by Crippen LogP contribution is -2.48. The van der Waals surface area contributed by atoms with Crippen molar-refractivity contribution in [1.82, 2.24) is 14.9 Å². The number of carbonyl (C=O) groups excluding carboxylic acids is 1. The molecule has 0 fully saturated rings. The zero-order valence-electron chi connectivity index (χ0n) is 17.5. The minimum atomic E-state index is -0.125. The van der Waals surface area contributed by atoms with Crippen molar-refractivity contribution in [2.24, 2.45) is 16.3 Å². The molecule has 1 aliphatic heterocycles. The second-order valence-electron chi connectivity index (χ2n) is 8.94. The molecule has 1 aliphatic rings. The van der Waals surface area contributed by atoms with Crippen molar-refractivity contribution in [2.45, 2.75) is 39.7 Å². The third-order valence-corrected chi connectivity index (χ3v) is 5.95. The van der Waals surface area contributed by atoms with E-state index in [9.17, 15) is 4.79 Å². The molecular formula is C23H27N5O2. The number of amides is 1. The fourth-order valence-electron chi connectivity index (χ4n) is 4.24. The second kappa shape index (κ2) is 7.48. The number of nitrogens with zero attached hydrogens (tertiary/aromatic N) is 3. The van der Waals surface area contributed by atoms with Crippen molar-refractivity contribution in [3.8, 4) is 0 Å². The number of aromatic amines is 1. The lowest BCUT2D eigenvalue weighted by molar-refractivity contribution is 0.0532. The summed E-state index contributed by atoms with van der Waals surface area (Å²) in [5.41, 5.74) is 11.0. The van der Waals surface area contributed by atoms with Crippen molar-refractivity contribution in [3.05, 3.63) is 65.0 Å². The minimum Gasteiger partial charge on any atom is -0.409 e. The van der Waals surface area contributed by atoms with E-state index in [1.165, 1.54) is 5.56 Å². The Bertz CT molecular complexity index is 1130. The van der Waals surface area contributed by atoms with E-state index in [1.54, 1.807) is 6.33 Å². The predicted molar refractivity (Wildman–Crippen MR) is 117 cm³/mol. The number of fused-ring (bicyclic) bond motifs is 2. The van der Waals surface area contributed by atoms with Crippen LogP contribution in [-0.4, -0.2) is 44.4 Å². The van der Waals surface area contributed by atoms with Gasteiger partial charge in [0.1, 0.15) is 0 Å². The van der Waals surface area contributed by atoms with Crippen LogP contribution in [0.3, 0.4) is 0 Å². The van der Waals surface area contributed by atoms with Gasteiger partial charge in [0.25, 0.3) is 5.91 Å². The molecule has 0 spiro atoms. The fourth-order valence-corrected chi connectivity index (χ4v) is 4.24. The first-order valence-corrected chi connectivity index (χ1v) is 10.1. The topological polar surface area (TPSA) is 108 Å². The normalized spacial score (nSPS) is 17.6. The standard InChI is InChI=1S/C23H27N5O2/c1-23(2,3)20-12-17-10-15(21(24)27-30)5-4-14(17)8-9-28(20)22(29)16-6-7-18-19(11-16)26-13-25-18/h4-7,10-11,13,20,30H,8-9,12H2,1-3H3,(H2,24,27)(H,25,26). The molecule has 1 atom stereocenters. The molecule has 2 aromatic carbocycles. The van der Waals surface area contributed by atoms with Crippen molar-refractivity contribution >= 4 is 22.8 Å². The van der Waals surface area contributed by atoms with Crippen LogP contribution in [-0.2, 0) is 12.8 Å². The number of oxime groups is 1. The van der Waals surface area contributed by atoms with E-state index in [0.717, 1.165) is 23.0 Å². The number of benzene rings is 2. The number of imidazole rings is 1. The van der Waals surface area contributed by atoms with Gasteiger partial charge in [-0.15, -0.1) is 0 Å². The van der Waals surface area contributed by atoms with Gasteiger partial charge in [-0.3, -0.25) is 4.79 Å². The smallest absolute Gasteiger partial charge is 0.254 e. The Morgan fingerprint density at radius 3 is 2.70 bits per heavy atom. The third-order valence-electron chi connectivity index (χ3n) is 5.95. The Hall–Kier alpha value is -3.35. The lowest BCUT2D eigenvalue weighted by Gasteiger charge is -2.39. The van der Waals surface area contributed by atoms with Crippen LogP contribution in [0, 0.1) is 5.41 Å². The van der Waals surface area contributed by atoms with E-state index in [-0.39, 0.29) is 23.2 Å². The molecule has 30 heavy (non-hydrogen) atoms. The molecule has 0 radical (unpaired) electrons. The van der Waals surface area contributed by atoms with Crippen LogP contribution in [0.1, 0.15) is 47.8 Å². The minimum absolute atomic E-state index is 0.00340. The molecule has 0 saturated carbocycles. The maximum absolute atomic E-state index is 13.6. The van der Waals surface area contributed by atoms with Crippen LogP contribution in [0.25, 0.3) is 11.0 Å². The molecule has 1 amide bonds. The van der Waals surface area contributed by atoms with Gasteiger partial charge < -0.3 is 20.8 Å². The summed E-state index contributed by atoms with van der Waals surface area (Å²) in [6.07, 6.45) is 3.11. The molecule has 0 aliphatic carbocycles. The van der Waals surface area contributed by atoms with Crippen molar-refractivity contribution < 1.29 is 10.0 Å². The van der Waals surface area contributed by atoms with Gasteiger partial charge in [-0.05, 0) is 53.6 Å². The number of nitrogens with two attached hydrogens (primary N) is 1. The monoisotopic (exact) mass is 405 g/mol. The van der Waals surface area contributed by atoms with Crippen molar-refractivity contribution in [3.63, 3.8) is 0 Å². The van der Waals surface area contributed by atoms with Gasteiger partial charge in [-0.25, -0.2) is 4.98 Å². The molecule has 7 nitrogen and oxygen atoms in total. The Morgan fingerprint density at radius 1 is 1.20 bits per heavy atom. The Kier molecular flexibility index (Phi) is 4.97. The molecule has 0 saturated heterocycles. The maximum Gasteiger partial charge on any atom is 0.254 e. The molecule has 2 heterocycles. The van der Waals surface area contributed by atoms with Crippen LogP contribution in [0.2, 0.25) is 0 Å². The third kappa shape index (κ3) is 3.63. The van der Waals surface area contributed by atoms with Crippen molar-refractivity contribution in [1.29, 1.82) is 0 Å². The Balaban J connectivity index is 1.71. The van der Waals surface area contributed by atoms with Gasteiger partial charge in [-0.1, -0.05) is 38.1 Å². The molecule has 4 N–H and O–H groups in total. The number of aromatic nitrogens is 2. The summed E-state index contributed by atoms with van der Waals surface area (Å²) in [4.78, 5) is 22.9. The molecule has 1 unspecified atom stereocenters. The molecule has 4 rings (SSSR count). The first-order valence-electron chi connectivity index (χ1n) is 10.1. The summed E-state index contributed by atoms with van der Waals surface area (Å²) < 4.78 is 0. The van der Waals surface area contributed by atoms with E-state index >= 15 is 0 Å². The first kappa shape index (κ1) is 19.9. The predicted octanol–water partition coefficient (Wildman–Crippen LogP) is 3.31. The molecule has 7 heteroatoms. The summed E-state index contributed by atoms with van der Waals surface area (Å²) in [5, 5.41) is 12.2. The Morgan fingerprint density at radius 2 is 1.97 bits per heavy atom. The Labute approximate surface area is 175 Å². The SMILES string of the molecule is CC(C)(C)C1Cc2cc(/C(N)=N/O)ccc2CCN1C(=O)c1ccc2[nH]cnc2c1. The highest BCUT2D eigenvalue weighted by Crippen LogP contribution is 2.33. The second-order valence-corrected chi connectivity index (χ2v) is 8.94. The van der Waals surface area contributed by atoms with Gasteiger partial charge in [-0.2, -0.15) is 0 Å². The highest BCUT2D eigenvalue weighted by atomic mass is 16.4. The zero-order chi connectivity index (χ0) is 21.5. The van der Waals surface area contributed by atoms with E-state index in [0.29, 0.717) is 24.1 Å². The maximum atomic E-state index is 13.6.